The molecule has 1 heterocycles. The number of hydrogen-bond acceptors (Lipinski definition) is 7. The summed E-state index contributed by atoms with van der Waals surface area (Å²) in [5.41, 5.74) is 1.14. The normalized spacial score (nSPS) is 10.5. The maximum Gasteiger partial charge on any atom is 0.311 e. The molecule has 1 aromatic heterocycles. The molecule has 134 valence electrons. The Kier molecular flexibility index (Phi) is 4.74. The van der Waals surface area contributed by atoms with Gasteiger partial charge in [0.2, 0.25) is 0 Å². The standard InChI is InChI=1S/C18H17N3O5/c1-3-26-12-6-4-11(5-7-12)20-18-13-8-16(22)17(25-2)9-14(13)19-10-15(18)21(23)24/h4-10,22H,3H2,1-2H3,(H,19,20). The van der Waals surface area contributed by atoms with Crippen LogP contribution >= 0.6 is 0 Å². The van der Waals surface area contributed by atoms with Gasteiger partial charge in [0.1, 0.15) is 17.6 Å². The molecule has 0 spiro atoms. The van der Waals surface area contributed by atoms with Crippen LogP contribution in [0.1, 0.15) is 6.92 Å². The van der Waals surface area contributed by atoms with Gasteiger partial charge in [0.15, 0.2) is 11.5 Å². The van der Waals surface area contributed by atoms with E-state index in [4.69, 9.17) is 9.47 Å². The maximum atomic E-state index is 11.4. The smallest absolute Gasteiger partial charge is 0.311 e. The van der Waals surface area contributed by atoms with Gasteiger partial charge < -0.3 is 19.9 Å². The molecule has 8 heteroatoms. The molecular formula is C18H17N3O5. The Bertz CT molecular complexity index is 957. The van der Waals surface area contributed by atoms with Crippen LogP contribution in [-0.4, -0.2) is 28.7 Å². The van der Waals surface area contributed by atoms with E-state index >= 15 is 0 Å². The topological polar surface area (TPSA) is 107 Å². The molecular weight excluding hydrogens is 338 g/mol. The van der Waals surface area contributed by atoms with Crippen LogP contribution in [0.25, 0.3) is 10.9 Å². The highest BCUT2D eigenvalue weighted by molar-refractivity contribution is 5.99. The molecule has 0 bridgehead atoms. The monoisotopic (exact) mass is 355 g/mol. The third-order valence-corrected chi connectivity index (χ3v) is 3.78. The Morgan fingerprint density at radius 2 is 2.00 bits per heavy atom. The summed E-state index contributed by atoms with van der Waals surface area (Å²) in [4.78, 5) is 15.0. The van der Waals surface area contributed by atoms with Crippen molar-refractivity contribution in [2.24, 2.45) is 0 Å². The number of anilines is 2. The molecule has 2 aromatic carbocycles. The number of phenolic OH excluding ortho intramolecular Hbond substituents is 1. The molecule has 0 aliphatic carbocycles. The number of phenols is 1. The predicted octanol–water partition coefficient (Wildman–Crippen LogP) is 4.00. The number of ether oxygens (including phenoxy) is 2. The molecule has 0 atom stereocenters. The summed E-state index contributed by atoms with van der Waals surface area (Å²) in [6.07, 6.45) is 1.18. The van der Waals surface area contributed by atoms with E-state index in [2.05, 4.69) is 10.3 Å². The van der Waals surface area contributed by atoms with Gasteiger partial charge in [-0.05, 0) is 37.3 Å². The number of rotatable bonds is 6. The van der Waals surface area contributed by atoms with Crippen molar-refractivity contribution >= 4 is 28.0 Å². The number of pyridine rings is 1. The third kappa shape index (κ3) is 3.30. The zero-order valence-corrected chi connectivity index (χ0v) is 14.2. The first-order valence-corrected chi connectivity index (χ1v) is 7.87. The van der Waals surface area contributed by atoms with Crippen molar-refractivity contribution < 1.29 is 19.5 Å². The number of nitrogens with zero attached hydrogens (tertiary/aromatic N) is 2. The van der Waals surface area contributed by atoms with Crippen LogP contribution in [0.2, 0.25) is 0 Å². The van der Waals surface area contributed by atoms with Gasteiger partial charge in [-0.1, -0.05) is 0 Å². The van der Waals surface area contributed by atoms with Crippen LogP contribution in [0.15, 0.2) is 42.6 Å². The second-order valence-electron chi connectivity index (χ2n) is 5.40. The fourth-order valence-corrected chi connectivity index (χ4v) is 2.58. The van der Waals surface area contributed by atoms with Crippen LogP contribution < -0.4 is 14.8 Å². The largest absolute Gasteiger partial charge is 0.504 e. The Labute approximate surface area is 149 Å². The molecule has 0 radical (unpaired) electrons. The van der Waals surface area contributed by atoms with Crippen molar-refractivity contribution in [2.75, 3.05) is 19.0 Å². The molecule has 0 saturated heterocycles. The van der Waals surface area contributed by atoms with E-state index in [0.717, 1.165) is 0 Å². The molecule has 0 aliphatic heterocycles. The second kappa shape index (κ2) is 7.14. The lowest BCUT2D eigenvalue weighted by atomic mass is 10.1. The highest BCUT2D eigenvalue weighted by atomic mass is 16.6. The fraction of sp³-hybridized carbons (Fsp3) is 0.167. The number of nitro groups is 1. The predicted molar refractivity (Wildman–Crippen MR) is 97.5 cm³/mol. The average molecular weight is 355 g/mol. The van der Waals surface area contributed by atoms with Crippen molar-refractivity contribution in [1.29, 1.82) is 0 Å². The molecule has 3 aromatic rings. The summed E-state index contributed by atoms with van der Waals surface area (Å²) in [5, 5.41) is 24.9. The van der Waals surface area contributed by atoms with Gasteiger partial charge in [-0.15, -0.1) is 0 Å². The van der Waals surface area contributed by atoms with Gasteiger partial charge >= 0.3 is 5.69 Å². The molecule has 3 rings (SSSR count). The van der Waals surface area contributed by atoms with Gasteiger partial charge in [-0.25, -0.2) is 4.98 Å². The van der Waals surface area contributed by atoms with Gasteiger partial charge in [0.25, 0.3) is 0 Å². The summed E-state index contributed by atoms with van der Waals surface area (Å²) < 4.78 is 10.5. The Morgan fingerprint density at radius 1 is 1.27 bits per heavy atom. The van der Waals surface area contributed by atoms with Crippen LogP contribution in [0, 0.1) is 10.1 Å². The van der Waals surface area contributed by atoms with Crippen molar-refractivity contribution in [3.05, 3.63) is 52.7 Å². The third-order valence-electron chi connectivity index (χ3n) is 3.78. The minimum absolute atomic E-state index is 0.128. The van der Waals surface area contributed by atoms with E-state index in [1.54, 1.807) is 24.3 Å². The average Bonchev–Trinajstić information content (AvgIpc) is 2.63. The highest BCUT2D eigenvalue weighted by Crippen LogP contribution is 2.39. The zero-order valence-electron chi connectivity index (χ0n) is 14.2. The second-order valence-corrected chi connectivity index (χ2v) is 5.40. The summed E-state index contributed by atoms with van der Waals surface area (Å²) in [7, 11) is 1.42. The Hall–Kier alpha value is -3.55. The molecule has 2 N–H and O–H groups in total. The number of hydrogen-bond donors (Lipinski definition) is 2. The molecule has 0 saturated carbocycles. The Morgan fingerprint density at radius 3 is 2.62 bits per heavy atom. The Balaban J connectivity index is 2.10. The summed E-state index contributed by atoms with van der Waals surface area (Å²) in [5.74, 6) is 0.817. The lowest BCUT2D eigenvalue weighted by molar-refractivity contribution is -0.384. The van der Waals surface area contributed by atoms with Crippen LogP contribution in [-0.2, 0) is 0 Å². The quantitative estimate of drug-likeness (QED) is 0.508. The van der Waals surface area contributed by atoms with Crippen molar-refractivity contribution in [3.63, 3.8) is 0 Å². The maximum absolute atomic E-state index is 11.4. The first kappa shape index (κ1) is 17.3. The first-order chi connectivity index (χ1) is 12.5. The van der Waals surface area contributed by atoms with E-state index in [-0.39, 0.29) is 22.9 Å². The molecule has 0 unspecified atom stereocenters. The van der Waals surface area contributed by atoms with Crippen molar-refractivity contribution in [2.45, 2.75) is 6.92 Å². The lowest BCUT2D eigenvalue weighted by Crippen LogP contribution is -2.00. The number of nitrogens with one attached hydrogen (secondary N) is 1. The highest BCUT2D eigenvalue weighted by Gasteiger charge is 2.20. The van der Waals surface area contributed by atoms with E-state index in [9.17, 15) is 15.2 Å². The SMILES string of the molecule is CCOc1ccc(Nc2c([N+](=O)[O-])cnc3cc(OC)c(O)cc23)cc1. The molecule has 0 fully saturated rings. The van der Waals surface area contributed by atoms with Crippen LogP contribution in [0.5, 0.6) is 17.2 Å². The van der Waals surface area contributed by atoms with Crippen LogP contribution in [0.4, 0.5) is 17.1 Å². The van der Waals surface area contributed by atoms with E-state index in [1.807, 2.05) is 6.92 Å². The number of benzene rings is 2. The number of fused-ring (bicyclic) bond motifs is 1. The van der Waals surface area contributed by atoms with E-state index in [0.29, 0.717) is 28.9 Å². The summed E-state index contributed by atoms with van der Waals surface area (Å²) in [6, 6.07) is 9.96. The minimum Gasteiger partial charge on any atom is -0.504 e. The van der Waals surface area contributed by atoms with Gasteiger partial charge in [0.05, 0.1) is 24.2 Å². The van der Waals surface area contributed by atoms with Crippen molar-refractivity contribution in [3.8, 4) is 17.2 Å². The summed E-state index contributed by atoms with van der Waals surface area (Å²) in [6.45, 7) is 2.44. The summed E-state index contributed by atoms with van der Waals surface area (Å²) >= 11 is 0. The molecule has 26 heavy (non-hydrogen) atoms. The van der Waals surface area contributed by atoms with E-state index < -0.39 is 4.92 Å². The first-order valence-electron chi connectivity index (χ1n) is 7.87. The van der Waals surface area contributed by atoms with Crippen LogP contribution in [0.3, 0.4) is 0 Å². The number of methoxy groups -OCH3 is 1. The van der Waals surface area contributed by atoms with Gasteiger partial charge in [-0.3, -0.25) is 10.1 Å². The molecule has 0 aliphatic rings. The molecule has 0 amide bonds. The van der Waals surface area contributed by atoms with E-state index in [1.165, 1.54) is 25.4 Å². The lowest BCUT2D eigenvalue weighted by Gasteiger charge is -2.12. The number of aromatic hydroxyl groups is 1. The van der Waals surface area contributed by atoms with Gasteiger partial charge in [0, 0.05) is 17.1 Å². The minimum atomic E-state index is -0.523. The molecule has 8 nitrogen and oxygen atoms in total. The van der Waals surface area contributed by atoms with Gasteiger partial charge in [-0.2, -0.15) is 0 Å². The van der Waals surface area contributed by atoms with Crippen molar-refractivity contribution in [1.82, 2.24) is 4.98 Å². The number of aromatic nitrogens is 1. The fourth-order valence-electron chi connectivity index (χ4n) is 2.58. The zero-order chi connectivity index (χ0) is 18.7.